The Labute approximate surface area is 197 Å². The Hall–Kier alpha value is -1.80. The summed E-state index contributed by atoms with van der Waals surface area (Å²) in [4.78, 5) is 5.22. The van der Waals surface area contributed by atoms with Crippen LogP contribution in [0.15, 0.2) is 42.1 Å². The van der Waals surface area contributed by atoms with E-state index in [-0.39, 0.29) is 5.41 Å². The molecule has 0 saturated carbocycles. The average Bonchev–Trinajstić information content (AvgIpc) is 2.76. The van der Waals surface area contributed by atoms with Crippen LogP contribution in [0.4, 0.5) is 0 Å². The molecule has 2 heteroatoms. The van der Waals surface area contributed by atoms with Gasteiger partial charge in [-0.05, 0) is 117 Å². The molecular formula is C30H44N2. The lowest BCUT2D eigenvalue weighted by molar-refractivity contribution is 0.189. The Bertz CT molecular complexity index is 905. The van der Waals surface area contributed by atoms with Gasteiger partial charge in [-0.15, -0.1) is 0 Å². The molecule has 3 aliphatic heterocycles. The van der Waals surface area contributed by atoms with Crippen LogP contribution in [0.1, 0.15) is 89.0 Å². The first-order valence-electron chi connectivity index (χ1n) is 13.0. The monoisotopic (exact) mass is 432 g/mol. The van der Waals surface area contributed by atoms with Crippen molar-refractivity contribution in [1.82, 2.24) is 9.80 Å². The molecule has 1 atom stereocenters. The lowest BCUT2D eigenvalue weighted by Crippen LogP contribution is -2.45. The van der Waals surface area contributed by atoms with Crippen molar-refractivity contribution in [1.29, 1.82) is 0 Å². The summed E-state index contributed by atoms with van der Waals surface area (Å²) in [6.07, 6.45) is 15.0. The van der Waals surface area contributed by atoms with Crippen molar-refractivity contribution < 1.29 is 0 Å². The number of nitrogens with zero attached hydrogens (tertiary/aromatic N) is 2. The van der Waals surface area contributed by atoms with Crippen molar-refractivity contribution >= 4 is 5.70 Å². The van der Waals surface area contributed by atoms with Gasteiger partial charge in [-0.1, -0.05) is 46.8 Å². The molecule has 32 heavy (non-hydrogen) atoms. The molecule has 1 fully saturated rings. The van der Waals surface area contributed by atoms with Gasteiger partial charge < -0.3 is 9.80 Å². The number of aryl methyl sites for hydroxylation is 2. The van der Waals surface area contributed by atoms with Gasteiger partial charge in [0.2, 0.25) is 0 Å². The fourth-order valence-corrected chi connectivity index (χ4v) is 5.76. The highest BCUT2D eigenvalue weighted by molar-refractivity contribution is 5.76. The van der Waals surface area contributed by atoms with E-state index in [0.29, 0.717) is 6.04 Å². The Morgan fingerprint density at radius 2 is 1.78 bits per heavy atom. The Balaban J connectivity index is 1.56. The van der Waals surface area contributed by atoms with E-state index in [9.17, 15) is 0 Å². The van der Waals surface area contributed by atoms with Gasteiger partial charge in [0.05, 0.1) is 0 Å². The molecule has 0 spiro atoms. The molecule has 0 bridgehead atoms. The van der Waals surface area contributed by atoms with Gasteiger partial charge in [0, 0.05) is 23.5 Å². The van der Waals surface area contributed by atoms with E-state index in [2.05, 4.69) is 75.4 Å². The van der Waals surface area contributed by atoms with Crippen LogP contribution in [0.5, 0.6) is 0 Å². The molecular weight excluding hydrogens is 388 g/mol. The fourth-order valence-electron chi connectivity index (χ4n) is 5.76. The quantitative estimate of drug-likeness (QED) is 0.441. The molecule has 0 amide bonds. The summed E-state index contributed by atoms with van der Waals surface area (Å²) in [6, 6.07) is 5.55. The minimum atomic E-state index is 0.213. The molecule has 4 rings (SSSR count). The van der Waals surface area contributed by atoms with Crippen LogP contribution >= 0.6 is 0 Å². The third kappa shape index (κ3) is 4.91. The van der Waals surface area contributed by atoms with E-state index in [1.54, 1.807) is 5.56 Å². The van der Waals surface area contributed by atoms with E-state index >= 15 is 0 Å². The third-order valence-corrected chi connectivity index (χ3v) is 7.88. The number of likely N-dealkylation sites (tertiary alicyclic amines) is 1. The number of hydrogen-bond donors (Lipinski definition) is 0. The highest BCUT2D eigenvalue weighted by Crippen LogP contribution is 2.43. The molecule has 0 radical (unpaired) electrons. The fraction of sp³-hybridized carbons (Fsp3) is 0.600. The number of allylic oxidation sites excluding steroid dienone is 3. The van der Waals surface area contributed by atoms with E-state index in [1.165, 1.54) is 86.1 Å². The van der Waals surface area contributed by atoms with Crippen LogP contribution in [0.25, 0.3) is 5.70 Å². The lowest BCUT2D eigenvalue weighted by atomic mass is 9.75. The zero-order valence-corrected chi connectivity index (χ0v) is 21.3. The van der Waals surface area contributed by atoms with Crippen LogP contribution in [0, 0.1) is 5.41 Å². The summed E-state index contributed by atoms with van der Waals surface area (Å²) in [5.41, 5.74) is 10.1. The van der Waals surface area contributed by atoms with Crippen molar-refractivity contribution in [3.8, 4) is 0 Å². The molecule has 3 aliphatic rings. The lowest BCUT2D eigenvalue weighted by Gasteiger charge is -2.47. The van der Waals surface area contributed by atoms with Crippen molar-refractivity contribution in [2.24, 2.45) is 5.41 Å². The maximum absolute atomic E-state index is 4.32. The topological polar surface area (TPSA) is 6.48 Å². The van der Waals surface area contributed by atoms with E-state index in [1.807, 2.05) is 0 Å². The summed E-state index contributed by atoms with van der Waals surface area (Å²) in [7, 11) is 0. The van der Waals surface area contributed by atoms with Gasteiger partial charge in [-0.25, -0.2) is 0 Å². The Kier molecular flexibility index (Phi) is 7.00. The molecule has 2 nitrogen and oxygen atoms in total. The van der Waals surface area contributed by atoms with Crippen LogP contribution in [-0.4, -0.2) is 35.5 Å². The molecule has 1 aromatic rings. The van der Waals surface area contributed by atoms with Gasteiger partial charge in [0.1, 0.15) is 0 Å². The average molecular weight is 433 g/mol. The number of piperidine rings is 1. The second kappa shape index (κ2) is 9.59. The highest BCUT2D eigenvalue weighted by Gasteiger charge is 2.37. The van der Waals surface area contributed by atoms with Gasteiger partial charge in [-0.3, -0.25) is 0 Å². The van der Waals surface area contributed by atoms with Gasteiger partial charge in [0.15, 0.2) is 0 Å². The minimum Gasteiger partial charge on any atom is -0.343 e. The predicted octanol–water partition coefficient (Wildman–Crippen LogP) is 7.14. The van der Waals surface area contributed by atoms with Crippen LogP contribution in [-0.2, 0) is 19.3 Å². The molecule has 3 heterocycles. The van der Waals surface area contributed by atoms with Gasteiger partial charge >= 0.3 is 0 Å². The summed E-state index contributed by atoms with van der Waals surface area (Å²) in [5.74, 6) is 0. The number of unbranched alkanes of at least 4 members (excludes halogenated alkanes) is 1. The summed E-state index contributed by atoms with van der Waals surface area (Å²) in [6.45, 7) is 19.9. The van der Waals surface area contributed by atoms with E-state index < -0.39 is 0 Å². The zero-order chi connectivity index (χ0) is 22.9. The standard InChI is InChI=1S/C30H44N2/c1-7-24-19-27-26(18-25(24)13-9-12-16-31-14-10-8-11-15-31)20-29(30(4,5)6)32-21-23(3)22(2)17-28(27)32/h17-19,21,29H,2,7-16,20H2,1,3-6H3. The van der Waals surface area contributed by atoms with E-state index in [0.717, 1.165) is 18.4 Å². The number of hydrogen-bond acceptors (Lipinski definition) is 2. The number of fused-ring (bicyclic) bond motifs is 3. The van der Waals surface area contributed by atoms with Gasteiger partial charge in [0.25, 0.3) is 0 Å². The number of rotatable bonds is 6. The maximum atomic E-state index is 4.32. The smallest absolute Gasteiger partial charge is 0.0491 e. The minimum absolute atomic E-state index is 0.213. The third-order valence-electron chi connectivity index (χ3n) is 7.88. The Morgan fingerprint density at radius 1 is 1.03 bits per heavy atom. The Morgan fingerprint density at radius 3 is 2.47 bits per heavy atom. The highest BCUT2D eigenvalue weighted by atomic mass is 15.2. The molecule has 174 valence electrons. The largest absolute Gasteiger partial charge is 0.343 e. The van der Waals surface area contributed by atoms with E-state index in [4.69, 9.17) is 0 Å². The van der Waals surface area contributed by atoms with Crippen molar-refractivity contribution in [3.63, 3.8) is 0 Å². The summed E-state index contributed by atoms with van der Waals surface area (Å²) in [5, 5.41) is 0. The first kappa shape index (κ1) is 23.4. The van der Waals surface area contributed by atoms with Crippen LogP contribution in [0.3, 0.4) is 0 Å². The molecule has 1 unspecified atom stereocenters. The molecule has 1 aromatic carbocycles. The van der Waals surface area contributed by atoms with Crippen LogP contribution < -0.4 is 0 Å². The molecule has 0 aliphatic carbocycles. The molecule has 0 aromatic heterocycles. The summed E-state index contributed by atoms with van der Waals surface area (Å²) >= 11 is 0. The molecule has 1 saturated heterocycles. The second-order valence-corrected chi connectivity index (χ2v) is 11.4. The first-order chi connectivity index (χ1) is 15.3. The van der Waals surface area contributed by atoms with Gasteiger partial charge in [-0.2, -0.15) is 0 Å². The van der Waals surface area contributed by atoms with Crippen molar-refractivity contribution in [2.75, 3.05) is 19.6 Å². The normalized spacial score (nSPS) is 21.7. The first-order valence-corrected chi connectivity index (χ1v) is 13.0. The predicted molar refractivity (Wildman–Crippen MR) is 139 cm³/mol. The number of benzene rings is 1. The second-order valence-electron chi connectivity index (χ2n) is 11.4. The molecule has 0 N–H and O–H groups in total. The zero-order valence-electron chi connectivity index (χ0n) is 21.3. The van der Waals surface area contributed by atoms with Crippen LogP contribution in [0.2, 0.25) is 0 Å². The van der Waals surface area contributed by atoms with Crippen molar-refractivity contribution in [3.05, 3.63) is 64.4 Å². The summed E-state index contributed by atoms with van der Waals surface area (Å²) < 4.78 is 0. The maximum Gasteiger partial charge on any atom is 0.0491 e. The van der Waals surface area contributed by atoms with Crippen molar-refractivity contribution in [2.45, 2.75) is 92.0 Å². The SMILES string of the molecule is C=C1C=C2c3cc(CC)c(CCCCN4CCCCC4)cc3CC(C(C)(C)C)N2C=C1C.